The second-order valence-corrected chi connectivity index (χ2v) is 7.42. The molecule has 0 radical (unpaired) electrons. The summed E-state index contributed by atoms with van der Waals surface area (Å²) >= 11 is 0. The molecule has 1 amide bonds. The number of nitrogens with one attached hydrogen (secondary N) is 1. The monoisotopic (exact) mass is 398 g/mol. The van der Waals surface area contributed by atoms with Crippen LogP contribution in [0.1, 0.15) is 37.1 Å². The molecule has 29 heavy (non-hydrogen) atoms. The lowest BCUT2D eigenvalue weighted by Gasteiger charge is -2.27. The number of rotatable bonds is 8. The molecule has 1 fully saturated rings. The van der Waals surface area contributed by atoms with Crippen LogP contribution >= 0.6 is 0 Å². The van der Waals surface area contributed by atoms with Gasteiger partial charge < -0.3 is 19.9 Å². The Morgan fingerprint density at radius 2 is 1.83 bits per heavy atom. The van der Waals surface area contributed by atoms with E-state index in [1.165, 1.54) is 6.42 Å². The number of anilines is 2. The van der Waals surface area contributed by atoms with Gasteiger partial charge in [0.2, 0.25) is 17.8 Å². The summed E-state index contributed by atoms with van der Waals surface area (Å²) in [7, 11) is 5.46. The van der Waals surface area contributed by atoms with Crippen LogP contribution in [-0.4, -0.2) is 55.2 Å². The second-order valence-electron chi connectivity index (χ2n) is 7.42. The summed E-state index contributed by atoms with van der Waals surface area (Å²) < 4.78 is 5.16. The van der Waals surface area contributed by atoms with Gasteiger partial charge in [-0.2, -0.15) is 15.0 Å². The smallest absolute Gasteiger partial charge is 0.230 e. The molecule has 0 saturated carbocycles. The number of hydrogen-bond acceptors (Lipinski definition) is 7. The van der Waals surface area contributed by atoms with Crippen molar-refractivity contribution >= 4 is 17.8 Å². The minimum absolute atomic E-state index is 0.0212. The number of piperidine rings is 1. The Hall–Kier alpha value is -2.90. The molecule has 8 nitrogen and oxygen atoms in total. The van der Waals surface area contributed by atoms with E-state index in [0.717, 1.165) is 37.2 Å². The van der Waals surface area contributed by atoms with E-state index >= 15 is 0 Å². The lowest BCUT2D eigenvalue weighted by atomic mass is 10.1. The molecule has 1 aromatic heterocycles. The Kier molecular flexibility index (Phi) is 7.21. The molecule has 8 heteroatoms. The molecule has 1 aliphatic heterocycles. The van der Waals surface area contributed by atoms with Crippen LogP contribution in [0, 0.1) is 0 Å². The molecule has 1 aliphatic rings. The van der Waals surface area contributed by atoms with Gasteiger partial charge in [-0.1, -0.05) is 12.1 Å². The Morgan fingerprint density at radius 3 is 2.48 bits per heavy atom. The summed E-state index contributed by atoms with van der Waals surface area (Å²) in [5, 5.41) is 2.93. The van der Waals surface area contributed by atoms with Gasteiger partial charge in [0.15, 0.2) is 5.82 Å². The molecule has 1 N–H and O–H groups in total. The number of carbonyl (C=O) groups is 1. The number of ether oxygens (including phenoxy) is 1. The van der Waals surface area contributed by atoms with Gasteiger partial charge in [-0.05, 0) is 43.4 Å². The van der Waals surface area contributed by atoms with Crippen molar-refractivity contribution in [1.82, 2.24) is 20.3 Å². The average Bonchev–Trinajstić information content (AvgIpc) is 2.77. The normalized spacial score (nSPS) is 13.8. The third kappa shape index (κ3) is 6.04. The lowest BCUT2D eigenvalue weighted by molar-refractivity contribution is -0.121. The Balaban J connectivity index is 1.58. The summed E-state index contributed by atoms with van der Waals surface area (Å²) in [4.78, 5) is 30.0. The number of methoxy groups -OCH3 is 1. The minimum atomic E-state index is -0.0212. The number of carbonyl (C=O) groups excluding carboxylic acids is 1. The first-order valence-corrected chi connectivity index (χ1v) is 10.1. The van der Waals surface area contributed by atoms with Gasteiger partial charge in [-0.25, -0.2) is 0 Å². The third-order valence-electron chi connectivity index (χ3n) is 4.94. The van der Waals surface area contributed by atoms with E-state index in [0.29, 0.717) is 37.1 Å². The highest BCUT2D eigenvalue weighted by Crippen LogP contribution is 2.18. The maximum Gasteiger partial charge on any atom is 0.230 e. The lowest BCUT2D eigenvalue weighted by Crippen LogP contribution is -2.33. The van der Waals surface area contributed by atoms with Gasteiger partial charge in [0.05, 0.1) is 13.7 Å². The van der Waals surface area contributed by atoms with Gasteiger partial charge in [-0.3, -0.25) is 4.79 Å². The summed E-state index contributed by atoms with van der Waals surface area (Å²) in [6.07, 6.45) is 4.64. The number of aromatic nitrogens is 3. The van der Waals surface area contributed by atoms with Crippen molar-refractivity contribution in [1.29, 1.82) is 0 Å². The van der Waals surface area contributed by atoms with Gasteiger partial charge >= 0.3 is 0 Å². The molecule has 1 aromatic carbocycles. The molecule has 2 heterocycles. The topological polar surface area (TPSA) is 83.5 Å². The maximum atomic E-state index is 12.3. The predicted molar refractivity (Wildman–Crippen MR) is 113 cm³/mol. The average molecular weight is 399 g/mol. The van der Waals surface area contributed by atoms with Crippen LogP contribution in [0.4, 0.5) is 11.9 Å². The molecule has 0 unspecified atom stereocenters. The quantitative estimate of drug-likeness (QED) is 0.730. The van der Waals surface area contributed by atoms with Crippen LogP contribution in [0.15, 0.2) is 24.3 Å². The van der Waals surface area contributed by atoms with Crippen molar-refractivity contribution in [3.8, 4) is 5.75 Å². The zero-order valence-electron chi connectivity index (χ0n) is 17.5. The summed E-state index contributed by atoms with van der Waals surface area (Å²) in [6, 6.07) is 7.77. The zero-order chi connectivity index (χ0) is 20.6. The molecule has 0 bridgehead atoms. The van der Waals surface area contributed by atoms with Crippen molar-refractivity contribution in [2.75, 3.05) is 44.1 Å². The van der Waals surface area contributed by atoms with Gasteiger partial charge in [0.1, 0.15) is 5.75 Å². The van der Waals surface area contributed by atoms with Gasteiger partial charge in [0.25, 0.3) is 0 Å². The molecule has 156 valence electrons. The SMILES string of the molecule is COc1ccc(CCC(=O)NCc2nc(N(C)C)nc(N3CCCCC3)n2)cc1. The fraction of sp³-hybridized carbons (Fsp3) is 0.524. The third-order valence-corrected chi connectivity index (χ3v) is 4.94. The van der Waals surface area contributed by atoms with Crippen LogP contribution < -0.4 is 19.9 Å². The first-order valence-electron chi connectivity index (χ1n) is 10.1. The van der Waals surface area contributed by atoms with Crippen molar-refractivity contribution in [3.63, 3.8) is 0 Å². The molecular weight excluding hydrogens is 368 g/mol. The number of hydrogen-bond donors (Lipinski definition) is 1. The summed E-state index contributed by atoms with van der Waals surface area (Å²) in [5.41, 5.74) is 1.10. The number of amides is 1. The molecule has 1 saturated heterocycles. The van der Waals surface area contributed by atoms with E-state index in [1.54, 1.807) is 7.11 Å². The number of aryl methyl sites for hydroxylation is 1. The predicted octanol–water partition coefficient (Wildman–Crippen LogP) is 2.19. The maximum absolute atomic E-state index is 12.3. The molecule has 2 aromatic rings. The first kappa shape index (κ1) is 20.8. The highest BCUT2D eigenvalue weighted by Gasteiger charge is 2.17. The highest BCUT2D eigenvalue weighted by molar-refractivity contribution is 5.76. The highest BCUT2D eigenvalue weighted by atomic mass is 16.5. The summed E-state index contributed by atoms with van der Waals surface area (Å²) in [6.45, 7) is 2.22. The Labute approximate surface area is 172 Å². The molecule has 0 aliphatic carbocycles. The van der Waals surface area contributed by atoms with Crippen molar-refractivity contribution < 1.29 is 9.53 Å². The van der Waals surface area contributed by atoms with Crippen molar-refractivity contribution in [2.45, 2.75) is 38.6 Å². The van der Waals surface area contributed by atoms with Crippen LogP contribution in [0.5, 0.6) is 5.75 Å². The molecular formula is C21H30N6O2. The number of benzene rings is 1. The van der Waals surface area contributed by atoms with E-state index in [2.05, 4.69) is 25.2 Å². The van der Waals surface area contributed by atoms with Crippen LogP contribution in [0.25, 0.3) is 0 Å². The largest absolute Gasteiger partial charge is 0.497 e. The Morgan fingerprint density at radius 1 is 1.10 bits per heavy atom. The fourth-order valence-electron chi connectivity index (χ4n) is 3.23. The van der Waals surface area contributed by atoms with E-state index in [-0.39, 0.29) is 5.91 Å². The minimum Gasteiger partial charge on any atom is -0.497 e. The van der Waals surface area contributed by atoms with E-state index < -0.39 is 0 Å². The molecule has 0 spiro atoms. The van der Waals surface area contributed by atoms with Gasteiger partial charge in [-0.15, -0.1) is 0 Å². The van der Waals surface area contributed by atoms with Crippen molar-refractivity contribution in [3.05, 3.63) is 35.7 Å². The Bertz CT molecular complexity index is 803. The van der Waals surface area contributed by atoms with E-state index in [1.807, 2.05) is 43.3 Å². The van der Waals surface area contributed by atoms with E-state index in [9.17, 15) is 4.79 Å². The number of nitrogens with zero attached hydrogens (tertiary/aromatic N) is 5. The first-order chi connectivity index (χ1) is 14.0. The zero-order valence-corrected chi connectivity index (χ0v) is 17.5. The summed E-state index contributed by atoms with van der Waals surface area (Å²) in [5.74, 6) is 2.69. The standard InChI is InChI=1S/C21H30N6O2/c1-26(2)20-23-18(24-21(25-20)27-13-5-4-6-14-27)15-22-19(28)12-9-16-7-10-17(29-3)11-8-16/h7-8,10-11H,4-6,9,12-15H2,1-3H3,(H,22,28). The van der Waals surface area contributed by atoms with Crippen LogP contribution in [0.3, 0.4) is 0 Å². The van der Waals surface area contributed by atoms with Crippen LogP contribution in [-0.2, 0) is 17.8 Å². The van der Waals surface area contributed by atoms with E-state index in [4.69, 9.17) is 4.74 Å². The molecule has 0 atom stereocenters. The fourth-order valence-corrected chi connectivity index (χ4v) is 3.23. The second kappa shape index (κ2) is 10.0. The van der Waals surface area contributed by atoms with Crippen molar-refractivity contribution in [2.24, 2.45) is 0 Å². The van der Waals surface area contributed by atoms with Crippen LogP contribution in [0.2, 0.25) is 0 Å². The van der Waals surface area contributed by atoms with Gasteiger partial charge in [0, 0.05) is 33.6 Å². The molecule has 3 rings (SSSR count).